The molecule has 1 aromatic heterocycles. The number of aliphatic hydroxyl groups is 1. The molecule has 1 heterocycles. The fraction of sp³-hybridized carbons (Fsp3) is 0.286. The Morgan fingerprint density at radius 3 is 2.67 bits per heavy atom. The quantitative estimate of drug-likeness (QED) is 0.899. The fourth-order valence-corrected chi connectivity index (χ4v) is 1.85. The second-order valence-electron chi connectivity index (χ2n) is 4.18. The summed E-state index contributed by atoms with van der Waals surface area (Å²) in [5, 5.41) is 10.4. The number of hydrogen-bond donors (Lipinski definition) is 1. The molecule has 0 aliphatic carbocycles. The van der Waals surface area contributed by atoms with Gasteiger partial charge in [-0.3, -0.25) is 0 Å². The summed E-state index contributed by atoms with van der Waals surface area (Å²) in [6.07, 6.45) is 0.838. The van der Waals surface area contributed by atoms with Gasteiger partial charge in [0.15, 0.2) is 0 Å². The molecule has 4 nitrogen and oxygen atoms in total. The minimum absolute atomic E-state index is 0.575. The van der Waals surface area contributed by atoms with Crippen LogP contribution in [0.4, 0.5) is 0 Å². The minimum atomic E-state index is -0.804. The monoisotopic (exact) mass is 244 g/mol. The van der Waals surface area contributed by atoms with E-state index in [4.69, 9.17) is 4.74 Å². The van der Waals surface area contributed by atoms with Crippen molar-refractivity contribution in [2.75, 3.05) is 7.11 Å². The van der Waals surface area contributed by atoms with Crippen molar-refractivity contribution in [3.63, 3.8) is 0 Å². The second kappa shape index (κ2) is 5.14. The Bertz CT molecular complexity index is 555. The summed E-state index contributed by atoms with van der Waals surface area (Å²) in [5.74, 6) is 1.29. The first-order chi connectivity index (χ1) is 8.61. The van der Waals surface area contributed by atoms with E-state index in [9.17, 15) is 5.11 Å². The van der Waals surface area contributed by atoms with Gasteiger partial charge in [-0.25, -0.2) is 9.97 Å². The molecule has 0 spiro atoms. The second-order valence-corrected chi connectivity index (χ2v) is 4.18. The number of ether oxygens (including phenoxy) is 1. The van der Waals surface area contributed by atoms with E-state index < -0.39 is 6.10 Å². The predicted molar refractivity (Wildman–Crippen MR) is 68.6 cm³/mol. The zero-order valence-electron chi connectivity index (χ0n) is 10.7. The molecule has 0 bridgehead atoms. The highest BCUT2D eigenvalue weighted by Crippen LogP contribution is 2.29. The summed E-state index contributed by atoms with van der Waals surface area (Å²) in [6.45, 7) is 3.77. The van der Waals surface area contributed by atoms with Gasteiger partial charge in [-0.2, -0.15) is 0 Å². The molecule has 0 saturated carbocycles. The summed E-state index contributed by atoms with van der Waals surface area (Å²) in [5.41, 5.74) is 2.36. The van der Waals surface area contributed by atoms with Crippen LogP contribution in [-0.2, 0) is 0 Å². The standard InChI is InChI=1S/C14H16N2O2/c1-9-4-5-13(18-3)11(8-9)14(17)12-6-7-15-10(2)16-12/h4-8,14,17H,1-3H3. The molecule has 0 fully saturated rings. The molecule has 18 heavy (non-hydrogen) atoms. The van der Waals surface area contributed by atoms with Gasteiger partial charge in [0.05, 0.1) is 12.8 Å². The molecule has 4 heteroatoms. The van der Waals surface area contributed by atoms with Crippen LogP contribution in [0, 0.1) is 13.8 Å². The van der Waals surface area contributed by atoms with E-state index in [1.165, 1.54) is 0 Å². The van der Waals surface area contributed by atoms with Crippen LogP contribution >= 0.6 is 0 Å². The van der Waals surface area contributed by atoms with Crippen LogP contribution in [0.25, 0.3) is 0 Å². The van der Waals surface area contributed by atoms with Crippen molar-refractivity contribution in [3.05, 3.63) is 53.1 Å². The van der Waals surface area contributed by atoms with Crippen molar-refractivity contribution in [2.45, 2.75) is 20.0 Å². The fourth-order valence-electron chi connectivity index (χ4n) is 1.85. The number of rotatable bonds is 3. The summed E-state index contributed by atoms with van der Waals surface area (Å²) in [6, 6.07) is 7.41. The predicted octanol–water partition coefficient (Wildman–Crippen LogP) is 2.18. The lowest BCUT2D eigenvalue weighted by Crippen LogP contribution is -2.06. The Morgan fingerprint density at radius 2 is 2.00 bits per heavy atom. The first-order valence-corrected chi connectivity index (χ1v) is 5.74. The van der Waals surface area contributed by atoms with Crippen molar-refractivity contribution in [1.29, 1.82) is 0 Å². The van der Waals surface area contributed by atoms with E-state index in [0.717, 1.165) is 11.1 Å². The largest absolute Gasteiger partial charge is 0.496 e. The first-order valence-electron chi connectivity index (χ1n) is 5.74. The number of hydrogen-bond acceptors (Lipinski definition) is 4. The average molecular weight is 244 g/mol. The Hall–Kier alpha value is -1.94. The van der Waals surface area contributed by atoms with E-state index in [2.05, 4.69) is 9.97 Å². The highest BCUT2D eigenvalue weighted by molar-refractivity contribution is 5.41. The SMILES string of the molecule is COc1ccc(C)cc1C(O)c1ccnc(C)n1. The summed E-state index contributed by atoms with van der Waals surface area (Å²) < 4.78 is 5.27. The lowest BCUT2D eigenvalue weighted by atomic mass is 10.0. The topological polar surface area (TPSA) is 55.2 Å². The van der Waals surface area contributed by atoms with Gasteiger partial charge in [0.25, 0.3) is 0 Å². The summed E-state index contributed by atoms with van der Waals surface area (Å²) in [7, 11) is 1.59. The molecule has 0 aliphatic heterocycles. The van der Waals surface area contributed by atoms with Gasteiger partial charge in [0.2, 0.25) is 0 Å². The smallest absolute Gasteiger partial charge is 0.125 e. The number of aliphatic hydroxyl groups excluding tert-OH is 1. The molecule has 2 rings (SSSR count). The molecule has 0 aliphatic rings. The number of aryl methyl sites for hydroxylation is 2. The molecule has 0 amide bonds. The zero-order valence-corrected chi connectivity index (χ0v) is 10.7. The van der Waals surface area contributed by atoms with Crippen LogP contribution in [0.2, 0.25) is 0 Å². The van der Waals surface area contributed by atoms with Gasteiger partial charge in [0, 0.05) is 11.8 Å². The molecule has 1 unspecified atom stereocenters. The van der Waals surface area contributed by atoms with Gasteiger partial charge >= 0.3 is 0 Å². The maximum absolute atomic E-state index is 10.4. The van der Waals surface area contributed by atoms with Gasteiger partial charge in [0.1, 0.15) is 17.7 Å². The number of methoxy groups -OCH3 is 1. The summed E-state index contributed by atoms with van der Waals surface area (Å²) in [4.78, 5) is 8.26. The lowest BCUT2D eigenvalue weighted by molar-refractivity contribution is 0.209. The molecule has 0 radical (unpaired) electrons. The van der Waals surface area contributed by atoms with Crippen molar-refractivity contribution in [2.24, 2.45) is 0 Å². The number of aromatic nitrogens is 2. The first kappa shape index (κ1) is 12.5. The zero-order chi connectivity index (χ0) is 13.1. The van der Waals surface area contributed by atoms with E-state index in [0.29, 0.717) is 17.3 Å². The lowest BCUT2D eigenvalue weighted by Gasteiger charge is -2.15. The molecular weight excluding hydrogens is 228 g/mol. The highest BCUT2D eigenvalue weighted by Gasteiger charge is 2.17. The van der Waals surface area contributed by atoms with Crippen molar-refractivity contribution in [1.82, 2.24) is 9.97 Å². The van der Waals surface area contributed by atoms with Gasteiger partial charge in [-0.1, -0.05) is 11.6 Å². The van der Waals surface area contributed by atoms with E-state index >= 15 is 0 Å². The normalized spacial score (nSPS) is 12.2. The number of nitrogens with zero attached hydrogens (tertiary/aromatic N) is 2. The molecule has 1 atom stereocenters. The van der Waals surface area contributed by atoms with E-state index in [-0.39, 0.29) is 0 Å². The van der Waals surface area contributed by atoms with Crippen LogP contribution in [0.15, 0.2) is 30.5 Å². The van der Waals surface area contributed by atoms with Gasteiger partial charge in [-0.15, -0.1) is 0 Å². The third-order valence-corrected chi connectivity index (χ3v) is 2.76. The average Bonchev–Trinajstić information content (AvgIpc) is 2.38. The molecule has 1 aromatic carbocycles. The van der Waals surface area contributed by atoms with Crippen LogP contribution < -0.4 is 4.74 Å². The Labute approximate surface area is 106 Å². The third-order valence-electron chi connectivity index (χ3n) is 2.76. The van der Waals surface area contributed by atoms with Gasteiger partial charge < -0.3 is 9.84 Å². The van der Waals surface area contributed by atoms with Crippen molar-refractivity contribution >= 4 is 0 Å². The van der Waals surface area contributed by atoms with E-state index in [1.807, 2.05) is 25.1 Å². The Kier molecular flexibility index (Phi) is 3.58. The van der Waals surface area contributed by atoms with Gasteiger partial charge in [-0.05, 0) is 32.0 Å². The van der Waals surface area contributed by atoms with Crippen molar-refractivity contribution in [3.8, 4) is 5.75 Å². The Morgan fingerprint density at radius 1 is 1.22 bits per heavy atom. The molecule has 94 valence electrons. The van der Waals surface area contributed by atoms with Crippen LogP contribution in [-0.4, -0.2) is 22.2 Å². The van der Waals surface area contributed by atoms with Crippen LogP contribution in [0.3, 0.4) is 0 Å². The molecule has 1 N–H and O–H groups in total. The van der Waals surface area contributed by atoms with Crippen molar-refractivity contribution < 1.29 is 9.84 Å². The maximum atomic E-state index is 10.4. The van der Waals surface area contributed by atoms with Crippen LogP contribution in [0.5, 0.6) is 5.75 Å². The minimum Gasteiger partial charge on any atom is -0.496 e. The molecular formula is C14H16N2O2. The highest BCUT2D eigenvalue weighted by atomic mass is 16.5. The summed E-state index contributed by atoms with van der Waals surface area (Å²) >= 11 is 0. The molecule has 0 saturated heterocycles. The third kappa shape index (κ3) is 2.49. The number of benzene rings is 1. The Balaban J connectivity index is 2.44. The molecule has 2 aromatic rings. The maximum Gasteiger partial charge on any atom is 0.125 e. The van der Waals surface area contributed by atoms with Crippen LogP contribution in [0.1, 0.15) is 28.7 Å². The van der Waals surface area contributed by atoms with E-state index in [1.54, 1.807) is 26.3 Å².